The zero-order valence-electron chi connectivity index (χ0n) is 16.4. The molecule has 0 fully saturated rings. The van der Waals surface area contributed by atoms with Gasteiger partial charge in [0.25, 0.3) is 6.43 Å². The van der Waals surface area contributed by atoms with Crippen LogP contribution in [0.5, 0.6) is 0 Å². The fourth-order valence-corrected chi connectivity index (χ4v) is 3.71. The van der Waals surface area contributed by atoms with Crippen molar-refractivity contribution in [3.63, 3.8) is 0 Å². The molecule has 0 atom stereocenters. The molecule has 1 heterocycles. The van der Waals surface area contributed by atoms with E-state index in [0.29, 0.717) is 17.5 Å². The summed E-state index contributed by atoms with van der Waals surface area (Å²) in [5, 5.41) is 3.78. The molecule has 0 aliphatic carbocycles. The number of carbonyl (C=O) groups is 1. The van der Waals surface area contributed by atoms with E-state index in [1.807, 2.05) is 0 Å². The van der Waals surface area contributed by atoms with Gasteiger partial charge in [0.05, 0.1) is 16.4 Å². The number of benzene rings is 2. The van der Waals surface area contributed by atoms with Gasteiger partial charge in [-0.05, 0) is 24.1 Å². The third-order valence-corrected chi connectivity index (χ3v) is 5.40. The molecule has 152 valence electrons. The van der Waals surface area contributed by atoms with Crippen LogP contribution in [-0.2, 0) is 14.8 Å². The number of aromatic nitrogens is 1. The number of sulfonamides is 1. The monoisotopic (exact) mass is 442 g/mol. The quantitative estimate of drug-likeness (QED) is 0.524. The molecular formula is C20H17F2N2NaO4S. The molecule has 3 aromatic rings. The van der Waals surface area contributed by atoms with Crippen LogP contribution in [0.1, 0.15) is 32.0 Å². The first-order valence-corrected chi connectivity index (χ1v) is 10.2. The first-order valence-electron chi connectivity index (χ1n) is 8.78. The number of alkyl halides is 2. The Balaban J connectivity index is 0.00000320. The van der Waals surface area contributed by atoms with Crippen molar-refractivity contribution in [3.05, 3.63) is 65.1 Å². The molecule has 0 aliphatic heterocycles. The van der Waals surface area contributed by atoms with Gasteiger partial charge in [0.1, 0.15) is 15.7 Å². The van der Waals surface area contributed by atoms with E-state index in [4.69, 9.17) is 4.52 Å². The Morgan fingerprint density at radius 2 is 1.70 bits per heavy atom. The summed E-state index contributed by atoms with van der Waals surface area (Å²) in [5.74, 6) is -1.34. The van der Waals surface area contributed by atoms with E-state index in [2.05, 4.69) is 9.88 Å². The van der Waals surface area contributed by atoms with Crippen LogP contribution in [0, 0.1) is 0 Å². The average molecular weight is 442 g/mol. The number of amides is 1. The molecule has 3 rings (SSSR count). The van der Waals surface area contributed by atoms with E-state index in [-0.39, 0.29) is 52.1 Å². The zero-order valence-corrected chi connectivity index (χ0v) is 19.2. The molecule has 0 N–H and O–H groups in total. The number of hydrogen-bond acceptors (Lipinski definition) is 5. The molecule has 1 amide bonds. The van der Waals surface area contributed by atoms with E-state index < -0.39 is 28.1 Å². The van der Waals surface area contributed by atoms with Crippen molar-refractivity contribution in [2.24, 2.45) is 0 Å². The second-order valence-electron chi connectivity index (χ2n) is 6.17. The fraction of sp³-hybridized carbons (Fsp3) is 0.200. The van der Waals surface area contributed by atoms with Crippen molar-refractivity contribution in [1.82, 2.24) is 5.16 Å². The van der Waals surface area contributed by atoms with Crippen molar-refractivity contribution in [2.75, 3.05) is 0 Å². The minimum Gasteiger partial charge on any atom is -0.542 e. The Kier molecular flexibility index (Phi) is 8.31. The van der Waals surface area contributed by atoms with Crippen LogP contribution in [0.15, 0.2) is 64.0 Å². The van der Waals surface area contributed by atoms with E-state index in [0.717, 1.165) is 0 Å². The van der Waals surface area contributed by atoms with E-state index >= 15 is 0 Å². The molecule has 2 aromatic carbocycles. The molecule has 1 aromatic heterocycles. The zero-order chi connectivity index (χ0) is 21.0. The Hall–Kier alpha value is -2.07. The second kappa shape index (κ2) is 10.3. The molecule has 0 spiro atoms. The molecule has 0 bridgehead atoms. The molecular weight excluding hydrogens is 425 g/mol. The minimum absolute atomic E-state index is 0. The second-order valence-corrected chi connectivity index (χ2v) is 7.78. The largest absolute Gasteiger partial charge is 1.00 e. The number of carbonyl (C=O) groups excluding carboxylic acids is 1. The van der Waals surface area contributed by atoms with Crippen molar-refractivity contribution in [2.45, 2.75) is 31.1 Å². The van der Waals surface area contributed by atoms with Crippen LogP contribution >= 0.6 is 0 Å². The summed E-state index contributed by atoms with van der Waals surface area (Å²) in [7, 11) is -4.17. The number of rotatable bonds is 7. The summed E-state index contributed by atoms with van der Waals surface area (Å²) < 4.78 is 59.5. The fourth-order valence-electron chi connectivity index (χ4n) is 2.76. The van der Waals surface area contributed by atoms with Crippen LogP contribution in [0.25, 0.3) is 27.1 Å². The first kappa shape index (κ1) is 24.2. The van der Waals surface area contributed by atoms with Gasteiger partial charge in [0, 0.05) is 5.56 Å². The van der Waals surface area contributed by atoms with Crippen molar-refractivity contribution < 1.29 is 56.1 Å². The van der Waals surface area contributed by atoms with Crippen LogP contribution in [0.4, 0.5) is 8.78 Å². The third-order valence-electron chi connectivity index (χ3n) is 4.09. The molecule has 10 heteroatoms. The van der Waals surface area contributed by atoms with Gasteiger partial charge in [-0.3, -0.25) is 0 Å². The van der Waals surface area contributed by atoms with Gasteiger partial charge in [0.15, 0.2) is 0 Å². The Morgan fingerprint density at radius 1 is 1.07 bits per heavy atom. The molecule has 0 saturated carbocycles. The minimum atomic E-state index is -4.17. The maximum atomic E-state index is 13.4. The Bertz CT molecular complexity index is 1100. The van der Waals surface area contributed by atoms with Crippen LogP contribution < -0.4 is 29.6 Å². The van der Waals surface area contributed by atoms with Crippen LogP contribution in [0.2, 0.25) is 0 Å². The Morgan fingerprint density at radius 3 is 2.27 bits per heavy atom. The Labute approximate surface area is 195 Å². The smallest absolute Gasteiger partial charge is 0.542 e. The van der Waals surface area contributed by atoms with Gasteiger partial charge in [-0.1, -0.05) is 61.0 Å². The molecule has 0 radical (unpaired) electrons. The summed E-state index contributed by atoms with van der Waals surface area (Å²) >= 11 is 0. The van der Waals surface area contributed by atoms with Crippen molar-refractivity contribution in [3.8, 4) is 22.4 Å². The predicted molar refractivity (Wildman–Crippen MR) is 103 cm³/mol. The summed E-state index contributed by atoms with van der Waals surface area (Å²) in [5.41, 5.74) is 1.18. The molecule has 0 saturated heterocycles. The van der Waals surface area contributed by atoms with E-state index in [1.54, 1.807) is 37.3 Å². The van der Waals surface area contributed by atoms with Gasteiger partial charge in [0.2, 0.25) is 5.76 Å². The number of hydrogen-bond donors (Lipinski definition) is 0. The standard InChI is InChI=1S/C20H18F2N2O4S.Na/c1-2-6-16(25)24-29(26,27)15-11-9-13(10-12-15)17-18(14-7-4-3-5-8-14)23-28-19(17)20(21)22;/h3-5,7-12,20H,2,6H2,1H3,(H,24,25);/q;+1/p-1. The normalized spacial score (nSPS) is 11.2. The molecule has 0 unspecified atom stereocenters. The maximum Gasteiger partial charge on any atom is 1.00 e. The third kappa shape index (κ3) is 5.34. The topological polar surface area (TPSA) is 91.3 Å². The predicted octanol–water partition coefficient (Wildman–Crippen LogP) is 2.34. The SMILES string of the molecule is CCCC(=O)[N-]S(=O)(=O)c1ccc(-c2c(-c3ccccc3)noc2C(F)F)cc1.[Na+]. The van der Waals surface area contributed by atoms with Gasteiger partial charge in [-0.25, -0.2) is 17.2 Å². The number of nitrogens with zero attached hydrogens (tertiary/aromatic N) is 2. The van der Waals surface area contributed by atoms with Gasteiger partial charge in [-0.2, -0.15) is 0 Å². The summed E-state index contributed by atoms with van der Waals surface area (Å²) in [6.45, 7) is 1.73. The summed E-state index contributed by atoms with van der Waals surface area (Å²) in [4.78, 5) is 11.4. The van der Waals surface area contributed by atoms with E-state index in [1.165, 1.54) is 24.3 Å². The maximum absolute atomic E-state index is 13.4. The van der Waals surface area contributed by atoms with Crippen molar-refractivity contribution >= 4 is 15.9 Å². The first-order chi connectivity index (χ1) is 13.8. The van der Waals surface area contributed by atoms with E-state index in [9.17, 15) is 22.0 Å². The molecule has 6 nitrogen and oxygen atoms in total. The summed E-state index contributed by atoms with van der Waals surface area (Å²) in [6.07, 6.45) is -2.40. The number of halogens is 2. The van der Waals surface area contributed by atoms with Crippen LogP contribution in [-0.4, -0.2) is 19.5 Å². The van der Waals surface area contributed by atoms with Gasteiger partial charge in [-0.15, -0.1) is 0 Å². The average Bonchev–Trinajstić information content (AvgIpc) is 3.14. The van der Waals surface area contributed by atoms with Crippen LogP contribution in [0.3, 0.4) is 0 Å². The summed E-state index contributed by atoms with van der Waals surface area (Å²) in [6, 6.07) is 13.8. The van der Waals surface area contributed by atoms with Gasteiger partial charge < -0.3 is 14.0 Å². The molecule has 0 aliphatic rings. The van der Waals surface area contributed by atoms with Gasteiger partial charge >= 0.3 is 29.6 Å². The van der Waals surface area contributed by atoms with Crippen molar-refractivity contribution in [1.29, 1.82) is 0 Å². The molecule has 30 heavy (non-hydrogen) atoms.